The molecule has 1 aromatic heterocycles. The van der Waals surface area contributed by atoms with Crippen molar-refractivity contribution in [2.75, 3.05) is 5.75 Å². The fraction of sp³-hybridized carbons (Fsp3) is 0.200. The number of nitrogens with zero attached hydrogens (tertiary/aromatic N) is 3. The van der Waals surface area contributed by atoms with Crippen LogP contribution in [-0.4, -0.2) is 32.2 Å². The third kappa shape index (κ3) is 4.61. The lowest BCUT2D eigenvalue weighted by atomic mass is 10.2. The first kappa shape index (κ1) is 20.1. The number of benzene rings is 2. The van der Waals surface area contributed by atoms with E-state index < -0.39 is 0 Å². The van der Waals surface area contributed by atoms with Crippen LogP contribution in [0.25, 0.3) is 0 Å². The summed E-state index contributed by atoms with van der Waals surface area (Å²) in [5.41, 5.74) is 1.07. The van der Waals surface area contributed by atoms with Crippen molar-refractivity contribution in [1.29, 1.82) is 0 Å². The second-order valence-corrected chi connectivity index (χ2v) is 7.50. The lowest BCUT2D eigenvalue weighted by Crippen LogP contribution is -2.28. The van der Waals surface area contributed by atoms with Gasteiger partial charge in [-0.25, -0.2) is 0 Å². The summed E-state index contributed by atoms with van der Waals surface area (Å²) in [6.45, 7) is 1.82. The van der Waals surface area contributed by atoms with Gasteiger partial charge in [-0.15, -0.1) is 10.2 Å². The Morgan fingerprint density at radius 3 is 2.50 bits per heavy atom. The van der Waals surface area contributed by atoms with Gasteiger partial charge in [0.15, 0.2) is 16.8 Å². The number of ketones is 1. The average molecular weight is 415 g/mol. The molecule has 0 aliphatic carbocycles. The fourth-order valence-electron chi connectivity index (χ4n) is 2.65. The van der Waals surface area contributed by atoms with Crippen LogP contribution in [0.3, 0.4) is 0 Å². The van der Waals surface area contributed by atoms with E-state index in [1.165, 1.54) is 11.8 Å². The number of amides is 1. The first-order chi connectivity index (χ1) is 13.5. The van der Waals surface area contributed by atoms with Gasteiger partial charge in [0.1, 0.15) is 0 Å². The Hall–Kier alpha value is -2.64. The van der Waals surface area contributed by atoms with Crippen molar-refractivity contribution < 1.29 is 9.59 Å². The highest BCUT2D eigenvalue weighted by Crippen LogP contribution is 2.21. The lowest BCUT2D eigenvalue weighted by molar-refractivity contribution is 0.0937. The van der Waals surface area contributed by atoms with Gasteiger partial charge in [0.25, 0.3) is 5.91 Å². The SMILES string of the molecule is CC(NC(=O)c1ccccc1Cl)c1nnc(SCC(=O)c2ccccc2)n1C. The van der Waals surface area contributed by atoms with Gasteiger partial charge in [-0.3, -0.25) is 9.59 Å². The van der Waals surface area contributed by atoms with Gasteiger partial charge in [-0.2, -0.15) is 0 Å². The molecule has 1 N–H and O–H groups in total. The zero-order valence-corrected chi connectivity index (χ0v) is 17.0. The summed E-state index contributed by atoms with van der Waals surface area (Å²) in [5.74, 6) is 0.593. The van der Waals surface area contributed by atoms with Crippen LogP contribution < -0.4 is 5.32 Å². The maximum atomic E-state index is 12.4. The summed E-state index contributed by atoms with van der Waals surface area (Å²) in [5, 5.41) is 12.2. The molecule has 6 nitrogen and oxygen atoms in total. The molecule has 2 aromatic carbocycles. The van der Waals surface area contributed by atoms with E-state index in [-0.39, 0.29) is 23.5 Å². The van der Waals surface area contributed by atoms with E-state index in [0.29, 0.717) is 27.1 Å². The molecule has 0 spiro atoms. The van der Waals surface area contributed by atoms with E-state index >= 15 is 0 Å². The molecule has 0 radical (unpaired) electrons. The highest BCUT2D eigenvalue weighted by Gasteiger charge is 2.20. The number of rotatable bonds is 7. The first-order valence-electron chi connectivity index (χ1n) is 8.63. The summed E-state index contributed by atoms with van der Waals surface area (Å²) in [6.07, 6.45) is 0. The van der Waals surface area contributed by atoms with E-state index in [2.05, 4.69) is 15.5 Å². The van der Waals surface area contributed by atoms with Gasteiger partial charge in [-0.05, 0) is 19.1 Å². The van der Waals surface area contributed by atoms with Crippen molar-refractivity contribution in [3.05, 3.63) is 76.6 Å². The molecule has 1 amide bonds. The van der Waals surface area contributed by atoms with Crippen LogP contribution in [0.15, 0.2) is 59.8 Å². The molecule has 1 atom stereocenters. The van der Waals surface area contributed by atoms with Crippen molar-refractivity contribution >= 4 is 35.1 Å². The van der Waals surface area contributed by atoms with Gasteiger partial charge >= 0.3 is 0 Å². The average Bonchev–Trinajstić information content (AvgIpc) is 3.07. The van der Waals surface area contributed by atoms with Crippen LogP contribution in [0.1, 0.15) is 39.5 Å². The molecule has 28 heavy (non-hydrogen) atoms. The van der Waals surface area contributed by atoms with Gasteiger partial charge in [0.05, 0.1) is 22.4 Å². The molecule has 3 rings (SSSR count). The van der Waals surface area contributed by atoms with Crippen LogP contribution in [-0.2, 0) is 7.05 Å². The summed E-state index contributed by atoms with van der Waals surface area (Å²) in [4.78, 5) is 24.7. The molecule has 0 aliphatic heterocycles. The van der Waals surface area contributed by atoms with Crippen molar-refractivity contribution in [2.24, 2.45) is 7.05 Å². The molecule has 144 valence electrons. The Kier molecular flexibility index (Phi) is 6.49. The number of carbonyl (C=O) groups excluding carboxylic acids is 2. The summed E-state index contributed by atoms with van der Waals surface area (Å²) < 4.78 is 1.78. The van der Waals surface area contributed by atoms with E-state index in [1.807, 2.05) is 32.2 Å². The van der Waals surface area contributed by atoms with Gasteiger partial charge in [-0.1, -0.05) is 65.8 Å². The highest BCUT2D eigenvalue weighted by atomic mass is 35.5. The minimum absolute atomic E-state index is 0.0234. The fourth-order valence-corrected chi connectivity index (χ4v) is 3.68. The van der Waals surface area contributed by atoms with Crippen LogP contribution >= 0.6 is 23.4 Å². The zero-order valence-electron chi connectivity index (χ0n) is 15.4. The third-order valence-corrected chi connectivity index (χ3v) is 5.50. The van der Waals surface area contributed by atoms with Crippen molar-refractivity contribution in [3.8, 4) is 0 Å². The molecular formula is C20H19ClN4O2S. The quantitative estimate of drug-likeness (QED) is 0.468. The van der Waals surface area contributed by atoms with E-state index in [4.69, 9.17) is 11.6 Å². The molecule has 0 bridgehead atoms. The minimum atomic E-state index is -0.375. The Bertz CT molecular complexity index is 991. The van der Waals surface area contributed by atoms with Gasteiger partial charge < -0.3 is 9.88 Å². The lowest BCUT2D eigenvalue weighted by Gasteiger charge is -2.14. The Morgan fingerprint density at radius 2 is 1.79 bits per heavy atom. The molecule has 0 aliphatic rings. The topological polar surface area (TPSA) is 76.9 Å². The second-order valence-electron chi connectivity index (χ2n) is 6.15. The number of nitrogens with one attached hydrogen (secondary N) is 1. The standard InChI is InChI=1S/C20H19ClN4O2S/c1-13(22-19(27)15-10-6-7-11-16(15)21)18-23-24-20(25(18)2)28-12-17(26)14-8-4-3-5-9-14/h3-11,13H,12H2,1-2H3,(H,22,27). The maximum absolute atomic E-state index is 12.4. The summed E-state index contributed by atoms with van der Waals surface area (Å²) in [7, 11) is 1.81. The number of halogens is 1. The Labute approximate surface area is 172 Å². The third-order valence-electron chi connectivity index (χ3n) is 4.15. The van der Waals surface area contributed by atoms with E-state index in [1.54, 1.807) is 41.0 Å². The zero-order chi connectivity index (χ0) is 20.1. The molecule has 1 unspecified atom stereocenters. The van der Waals surface area contributed by atoms with E-state index in [9.17, 15) is 9.59 Å². The van der Waals surface area contributed by atoms with Crippen LogP contribution in [0.5, 0.6) is 0 Å². The number of hydrogen-bond acceptors (Lipinski definition) is 5. The van der Waals surface area contributed by atoms with Crippen molar-refractivity contribution in [1.82, 2.24) is 20.1 Å². The predicted octanol–water partition coefficient (Wildman–Crippen LogP) is 3.93. The van der Waals surface area contributed by atoms with Crippen LogP contribution in [0, 0.1) is 0 Å². The Morgan fingerprint density at radius 1 is 1.11 bits per heavy atom. The molecular weight excluding hydrogens is 396 g/mol. The summed E-state index contributed by atoms with van der Waals surface area (Å²) in [6, 6.07) is 15.6. The molecule has 1 heterocycles. The van der Waals surface area contributed by atoms with Crippen LogP contribution in [0.2, 0.25) is 5.02 Å². The molecule has 8 heteroatoms. The van der Waals surface area contributed by atoms with Crippen molar-refractivity contribution in [3.63, 3.8) is 0 Å². The van der Waals surface area contributed by atoms with Crippen molar-refractivity contribution in [2.45, 2.75) is 18.1 Å². The Balaban J connectivity index is 1.64. The number of carbonyl (C=O) groups is 2. The van der Waals surface area contributed by atoms with Gasteiger partial charge in [0, 0.05) is 12.6 Å². The molecule has 0 fully saturated rings. The second kappa shape index (κ2) is 9.03. The van der Waals surface area contributed by atoms with Gasteiger partial charge in [0.2, 0.25) is 0 Å². The van der Waals surface area contributed by atoms with E-state index in [0.717, 1.165) is 0 Å². The minimum Gasteiger partial charge on any atom is -0.342 e. The number of Topliss-reactive ketones (excluding diaryl/α,β-unsaturated/α-hetero) is 1. The number of thioether (sulfide) groups is 1. The maximum Gasteiger partial charge on any atom is 0.253 e. The highest BCUT2D eigenvalue weighted by molar-refractivity contribution is 7.99. The molecule has 3 aromatic rings. The number of hydrogen-bond donors (Lipinski definition) is 1. The normalized spacial score (nSPS) is 11.8. The first-order valence-corrected chi connectivity index (χ1v) is 9.99. The smallest absolute Gasteiger partial charge is 0.253 e. The molecule has 0 saturated heterocycles. The number of aromatic nitrogens is 3. The molecule has 0 saturated carbocycles. The monoisotopic (exact) mass is 414 g/mol. The van der Waals surface area contributed by atoms with Crippen LogP contribution in [0.4, 0.5) is 0 Å². The largest absolute Gasteiger partial charge is 0.342 e. The predicted molar refractivity (Wildman–Crippen MR) is 110 cm³/mol. The summed E-state index contributed by atoms with van der Waals surface area (Å²) >= 11 is 7.39.